The predicted octanol–water partition coefficient (Wildman–Crippen LogP) is 2.74. The van der Waals surface area contributed by atoms with Crippen molar-refractivity contribution in [3.8, 4) is 5.75 Å². The number of urea groups is 1. The molecule has 112 valence electrons. The second kappa shape index (κ2) is 5.89. The number of nitrogens with one attached hydrogen (secondary N) is 1. The Kier molecular flexibility index (Phi) is 3.78. The highest BCUT2D eigenvalue weighted by Gasteiger charge is 2.21. The van der Waals surface area contributed by atoms with Gasteiger partial charge in [0.05, 0.1) is 5.56 Å². The summed E-state index contributed by atoms with van der Waals surface area (Å²) in [7, 11) is 0. The van der Waals surface area contributed by atoms with Gasteiger partial charge in [0.25, 0.3) is 0 Å². The normalized spacial score (nSPS) is 13.9. The molecule has 0 saturated carbocycles. The first-order valence-electron chi connectivity index (χ1n) is 7.08. The molecule has 0 unspecified atom stereocenters. The van der Waals surface area contributed by atoms with Crippen LogP contribution in [-0.2, 0) is 0 Å². The molecule has 0 radical (unpaired) electrons. The summed E-state index contributed by atoms with van der Waals surface area (Å²) < 4.78 is 5.34. The summed E-state index contributed by atoms with van der Waals surface area (Å²) in [4.78, 5) is 25.3. The molecule has 1 heterocycles. The van der Waals surface area contributed by atoms with Gasteiger partial charge in [0.2, 0.25) is 0 Å². The Morgan fingerprint density at radius 1 is 1.18 bits per heavy atom. The van der Waals surface area contributed by atoms with Gasteiger partial charge >= 0.3 is 12.0 Å². The number of rotatable bonds is 3. The summed E-state index contributed by atoms with van der Waals surface area (Å²) >= 11 is 0. The van der Waals surface area contributed by atoms with E-state index in [1.165, 1.54) is 0 Å². The minimum atomic E-state index is -0.414. The van der Waals surface area contributed by atoms with Gasteiger partial charge in [0.15, 0.2) is 0 Å². The molecule has 0 aliphatic carbocycles. The molecule has 5 nitrogen and oxygen atoms in total. The van der Waals surface area contributed by atoms with Gasteiger partial charge in [-0.2, -0.15) is 0 Å². The molecule has 0 bridgehead atoms. The lowest BCUT2D eigenvalue weighted by molar-refractivity contribution is 0.0734. The van der Waals surface area contributed by atoms with E-state index in [9.17, 15) is 9.59 Å². The topological polar surface area (TPSA) is 58.6 Å². The van der Waals surface area contributed by atoms with E-state index in [2.05, 4.69) is 5.32 Å². The molecule has 0 spiro atoms. The number of hydrogen-bond donors (Lipinski definition) is 1. The molecule has 1 saturated heterocycles. The van der Waals surface area contributed by atoms with Crippen LogP contribution in [0.15, 0.2) is 48.5 Å². The summed E-state index contributed by atoms with van der Waals surface area (Å²) in [5.41, 5.74) is 2.24. The van der Waals surface area contributed by atoms with Crippen LogP contribution in [0.1, 0.15) is 15.9 Å². The molecular weight excluding hydrogens is 280 g/mol. The van der Waals surface area contributed by atoms with Crippen molar-refractivity contribution in [3.63, 3.8) is 0 Å². The van der Waals surface area contributed by atoms with E-state index in [0.717, 1.165) is 11.3 Å². The molecule has 1 aliphatic rings. The predicted molar refractivity (Wildman–Crippen MR) is 83.3 cm³/mol. The summed E-state index contributed by atoms with van der Waals surface area (Å²) in [6.07, 6.45) is 0. The van der Waals surface area contributed by atoms with Crippen molar-refractivity contribution >= 4 is 17.7 Å². The van der Waals surface area contributed by atoms with Crippen LogP contribution >= 0.6 is 0 Å². The molecule has 5 heteroatoms. The Morgan fingerprint density at radius 3 is 2.59 bits per heavy atom. The van der Waals surface area contributed by atoms with Gasteiger partial charge < -0.3 is 10.1 Å². The number of esters is 1. The van der Waals surface area contributed by atoms with Gasteiger partial charge in [0.1, 0.15) is 5.75 Å². The van der Waals surface area contributed by atoms with Gasteiger partial charge in [0, 0.05) is 18.8 Å². The maximum absolute atomic E-state index is 12.1. The fourth-order valence-electron chi connectivity index (χ4n) is 2.34. The second-order valence-corrected chi connectivity index (χ2v) is 5.14. The highest BCUT2D eigenvalue weighted by Crippen LogP contribution is 2.19. The molecule has 2 aromatic rings. The lowest BCUT2D eigenvalue weighted by atomic mass is 10.2. The lowest BCUT2D eigenvalue weighted by Crippen LogP contribution is -2.27. The minimum absolute atomic E-state index is 0.116. The summed E-state index contributed by atoms with van der Waals surface area (Å²) in [5.74, 6) is 0.107. The monoisotopic (exact) mass is 296 g/mol. The van der Waals surface area contributed by atoms with Gasteiger partial charge in [-0.1, -0.05) is 12.1 Å². The van der Waals surface area contributed by atoms with Crippen LogP contribution in [0.4, 0.5) is 10.5 Å². The Bertz CT molecular complexity index is 710. The summed E-state index contributed by atoms with van der Waals surface area (Å²) in [5, 5.41) is 2.74. The van der Waals surface area contributed by atoms with E-state index >= 15 is 0 Å². The number of anilines is 1. The highest BCUT2D eigenvalue weighted by molar-refractivity contribution is 5.95. The van der Waals surface area contributed by atoms with Crippen molar-refractivity contribution in [2.24, 2.45) is 0 Å². The zero-order chi connectivity index (χ0) is 15.5. The maximum Gasteiger partial charge on any atom is 0.343 e. The number of aryl methyl sites for hydroxylation is 1. The van der Waals surface area contributed by atoms with Crippen LogP contribution in [0.5, 0.6) is 5.75 Å². The fraction of sp³-hybridized carbons (Fsp3) is 0.176. The van der Waals surface area contributed by atoms with Crippen molar-refractivity contribution in [1.29, 1.82) is 0 Å². The third-order valence-corrected chi connectivity index (χ3v) is 3.47. The zero-order valence-corrected chi connectivity index (χ0v) is 12.2. The van der Waals surface area contributed by atoms with E-state index in [1.54, 1.807) is 41.3 Å². The van der Waals surface area contributed by atoms with Gasteiger partial charge in [-0.15, -0.1) is 0 Å². The second-order valence-electron chi connectivity index (χ2n) is 5.14. The molecule has 1 aliphatic heterocycles. The van der Waals surface area contributed by atoms with E-state index in [4.69, 9.17) is 4.74 Å². The number of nitrogens with zero attached hydrogens (tertiary/aromatic N) is 1. The van der Waals surface area contributed by atoms with Crippen LogP contribution in [0.3, 0.4) is 0 Å². The van der Waals surface area contributed by atoms with Crippen LogP contribution < -0.4 is 15.0 Å². The van der Waals surface area contributed by atoms with Crippen molar-refractivity contribution in [2.75, 3.05) is 18.0 Å². The first-order chi connectivity index (χ1) is 10.6. The Morgan fingerprint density at radius 2 is 1.95 bits per heavy atom. The van der Waals surface area contributed by atoms with Gasteiger partial charge in [-0.3, -0.25) is 4.90 Å². The number of benzene rings is 2. The van der Waals surface area contributed by atoms with E-state index in [0.29, 0.717) is 24.4 Å². The van der Waals surface area contributed by atoms with Crippen molar-refractivity contribution in [1.82, 2.24) is 5.32 Å². The molecule has 1 N–H and O–H groups in total. The average molecular weight is 296 g/mol. The molecule has 2 aromatic carbocycles. The Hall–Kier alpha value is -2.82. The summed E-state index contributed by atoms with van der Waals surface area (Å²) in [6.45, 7) is 3.20. The molecule has 2 amide bonds. The van der Waals surface area contributed by atoms with E-state index < -0.39 is 5.97 Å². The molecular formula is C17H16N2O3. The van der Waals surface area contributed by atoms with Crippen molar-refractivity contribution < 1.29 is 14.3 Å². The van der Waals surface area contributed by atoms with Crippen LogP contribution in [-0.4, -0.2) is 25.1 Å². The molecule has 3 rings (SSSR count). The lowest BCUT2D eigenvalue weighted by Gasteiger charge is -2.14. The fourth-order valence-corrected chi connectivity index (χ4v) is 2.34. The molecule has 0 atom stereocenters. The number of hydrogen-bond acceptors (Lipinski definition) is 3. The van der Waals surface area contributed by atoms with Crippen LogP contribution in [0, 0.1) is 6.92 Å². The minimum Gasteiger partial charge on any atom is -0.423 e. The molecule has 0 aromatic heterocycles. The van der Waals surface area contributed by atoms with Crippen LogP contribution in [0.25, 0.3) is 0 Å². The van der Waals surface area contributed by atoms with Gasteiger partial charge in [-0.05, 0) is 48.9 Å². The smallest absolute Gasteiger partial charge is 0.343 e. The van der Waals surface area contributed by atoms with E-state index in [-0.39, 0.29) is 6.03 Å². The number of carbonyl (C=O) groups is 2. The SMILES string of the molecule is Cc1cccc(OC(=O)c2ccc(N3CCNC3=O)cc2)c1. The zero-order valence-electron chi connectivity index (χ0n) is 12.2. The Labute approximate surface area is 128 Å². The summed E-state index contributed by atoms with van der Waals surface area (Å²) in [6, 6.07) is 14.0. The third-order valence-electron chi connectivity index (χ3n) is 3.47. The van der Waals surface area contributed by atoms with E-state index in [1.807, 2.05) is 19.1 Å². The average Bonchev–Trinajstić information content (AvgIpc) is 2.93. The first-order valence-corrected chi connectivity index (χ1v) is 7.08. The number of ether oxygens (including phenoxy) is 1. The van der Waals surface area contributed by atoms with Crippen molar-refractivity contribution in [2.45, 2.75) is 6.92 Å². The number of amides is 2. The van der Waals surface area contributed by atoms with Gasteiger partial charge in [-0.25, -0.2) is 9.59 Å². The molecule has 22 heavy (non-hydrogen) atoms. The maximum atomic E-state index is 12.1. The van der Waals surface area contributed by atoms with Crippen molar-refractivity contribution in [3.05, 3.63) is 59.7 Å². The quantitative estimate of drug-likeness (QED) is 0.700. The Balaban J connectivity index is 1.72. The first kappa shape index (κ1) is 14.1. The molecule has 1 fully saturated rings. The standard InChI is InChI=1S/C17H16N2O3/c1-12-3-2-4-15(11-12)22-16(20)13-5-7-14(8-6-13)19-10-9-18-17(19)21/h2-8,11H,9-10H2,1H3,(H,18,21). The highest BCUT2D eigenvalue weighted by atomic mass is 16.5. The number of carbonyl (C=O) groups excluding carboxylic acids is 2. The largest absolute Gasteiger partial charge is 0.423 e. The third kappa shape index (κ3) is 2.93. The van der Waals surface area contributed by atoms with Crippen LogP contribution in [0.2, 0.25) is 0 Å².